The van der Waals surface area contributed by atoms with Crippen LogP contribution in [0, 0.1) is 0 Å². The molecule has 0 aromatic heterocycles. The van der Waals surface area contributed by atoms with E-state index in [1.165, 1.54) is 11.9 Å². The Morgan fingerprint density at radius 2 is 1.82 bits per heavy atom. The molecule has 6 heteroatoms. The Morgan fingerprint density at radius 3 is 2.36 bits per heavy atom. The smallest absolute Gasteiger partial charge is 0.410 e. The van der Waals surface area contributed by atoms with Gasteiger partial charge in [-0.15, -0.1) is 0 Å². The number of likely N-dealkylation sites (N-methyl/N-ethyl adjacent to an activating group) is 1. The molecule has 0 bridgehead atoms. The Bertz CT molecular complexity index is 497. The molecule has 1 N–H and O–H groups in total. The zero-order valence-electron chi connectivity index (χ0n) is 13.8. The van der Waals surface area contributed by atoms with E-state index < -0.39 is 23.6 Å². The highest BCUT2D eigenvalue weighted by atomic mass is 16.7. The van der Waals surface area contributed by atoms with Crippen molar-refractivity contribution in [3.63, 3.8) is 0 Å². The van der Waals surface area contributed by atoms with Crippen LogP contribution >= 0.6 is 0 Å². The van der Waals surface area contributed by atoms with Gasteiger partial charge in [0.2, 0.25) is 0 Å². The third-order valence-electron chi connectivity index (χ3n) is 2.90. The van der Waals surface area contributed by atoms with Gasteiger partial charge in [0.1, 0.15) is 11.6 Å². The molecule has 0 unspecified atom stereocenters. The van der Waals surface area contributed by atoms with E-state index >= 15 is 0 Å². The quantitative estimate of drug-likeness (QED) is 0.849. The number of benzene rings is 1. The van der Waals surface area contributed by atoms with Gasteiger partial charge >= 0.3 is 6.09 Å². The predicted molar refractivity (Wildman–Crippen MR) is 82.8 cm³/mol. The van der Waals surface area contributed by atoms with Crippen molar-refractivity contribution in [3.8, 4) is 0 Å². The number of nitrogens with one attached hydrogen (secondary N) is 1. The molecule has 1 rings (SSSR count). The van der Waals surface area contributed by atoms with Crippen LogP contribution in [0.15, 0.2) is 30.3 Å². The average Bonchev–Trinajstić information content (AvgIpc) is 2.44. The standard InChI is InChI=1S/C16H24N2O4/c1-12(18(5)15(20)22-16(2,3)4)14(19)17-21-11-13-9-7-6-8-10-13/h6-10,12H,11H2,1-5H3,(H,17,19)/t12-/m0/s1. The molecular weight excluding hydrogens is 284 g/mol. The summed E-state index contributed by atoms with van der Waals surface area (Å²) in [5.74, 6) is -0.413. The summed E-state index contributed by atoms with van der Waals surface area (Å²) in [6.07, 6.45) is -0.557. The highest BCUT2D eigenvalue weighted by Crippen LogP contribution is 2.10. The lowest BCUT2D eigenvalue weighted by atomic mass is 10.2. The van der Waals surface area contributed by atoms with Crippen LogP contribution in [0.1, 0.15) is 33.3 Å². The van der Waals surface area contributed by atoms with Crippen molar-refractivity contribution in [2.75, 3.05) is 7.05 Å². The molecule has 0 aliphatic rings. The summed E-state index contributed by atoms with van der Waals surface area (Å²) in [4.78, 5) is 30.2. The lowest BCUT2D eigenvalue weighted by molar-refractivity contribution is -0.139. The topological polar surface area (TPSA) is 67.9 Å². The van der Waals surface area contributed by atoms with Crippen LogP contribution in [0.5, 0.6) is 0 Å². The van der Waals surface area contributed by atoms with E-state index in [-0.39, 0.29) is 6.61 Å². The summed E-state index contributed by atoms with van der Waals surface area (Å²) in [6.45, 7) is 7.17. The minimum atomic E-state index is -0.703. The van der Waals surface area contributed by atoms with Gasteiger partial charge < -0.3 is 4.74 Å². The maximum absolute atomic E-state index is 12.0. The molecule has 1 aromatic carbocycles. The predicted octanol–water partition coefficient (Wildman–Crippen LogP) is 2.49. The maximum Gasteiger partial charge on any atom is 0.410 e. The van der Waals surface area contributed by atoms with Gasteiger partial charge in [-0.1, -0.05) is 30.3 Å². The number of hydrogen-bond acceptors (Lipinski definition) is 4. The van der Waals surface area contributed by atoms with Gasteiger partial charge in [0, 0.05) is 7.05 Å². The normalized spacial score (nSPS) is 12.4. The third kappa shape index (κ3) is 6.13. The average molecular weight is 308 g/mol. The molecule has 122 valence electrons. The van der Waals surface area contributed by atoms with E-state index in [1.807, 2.05) is 30.3 Å². The van der Waals surface area contributed by atoms with Gasteiger partial charge in [0.25, 0.3) is 5.91 Å². The number of nitrogens with zero attached hydrogens (tertiary/aromatic N) is 1. The van der Waals surface area contributed by atoms with Gasteiger partial charge in [0.05, 0.1) is 6.61 Å². The molecule has 0 spiro atoms. The summed E-state index contributed by atoms with van der Waals surface area (Å²) in [6, 6.07) is 8.76. The molecule has 6 nitrogen and oxygen atoms in total. The van der Waals surface area contributed by atoms with E-state index in [4.69, 9.17) is 9.57 Å². The molecule has 0 radical (unpaired) electrons. The number of ether oxygens (including phenoxy) is 1. The van der Waals surface area contributed by atoms with Crippen LogP contribution < -0.4 is 5.48 Å². The van der Waals surface area contributed by atoms with Crippen molar-refractivity contribution < 1.29 is 19.2 Å². The Balaban J connectivity index is 2.42. The third-order valence-corrected chi connectivity index (χ3v) is 2.90. The monoisotopic (exact) mass is 308 g/mol. The van der Waals surface area contributed by atoms with Crippen molar-refractivity contribution in [1.82, 2.24) is 10.4 Å². The van der Waals surface area contributed by atoms with Crippen LogP contribution in [-0.2, 0) is 21.0 Å². The maximum atomic E-state index is 12.0. The number of carbonyl (C=O) groups is 2. The first kappa shape index (κ1) is 18.0. The lowest BCUT2D eigenvalue weighted by Crippen LogP contribution is -2.47. The molecule has 0 aliphatic carbocycles. The number of hydrogen-bond donors (Lipinski definition) is 1. The van der Waals surface area contributed by atoms with E-state index in [2.05, 4.69) is 5.48 Å². The molecule has 1 aromatic rings. The highest BCUT2D eigenvalue weighted by molar-refractivity contribution is 5.84. The minimum Gasteiger partial charge on any atom is -0.444 e. The van der Waals surface area contributed by atoms with E-state index in [1.54, 1.807) is 27.7 Å². The summed E-state index contributed by atoms with van der Waals surface area (Å²) in [5.41, 5.74) is 2.68. The number of hydroxylamine groups is 1. The fourth-order valence-corrected chi connectivity index (χ4v) is 1.52. The van der Waals surface area contributed by atoms with E-state index in [0.29, 0.717) is 0 Å². The summed E-state index contributed by atoms with van der Waals surface area (Å²) in [5, 5.41) is 0. The van der Waals surface area contributed by atoms with Gasteiger partial charge in [-0.3, -0.25) is 14.5 Å². The van der Waals surface area contributed by atoms with Gasteiger partial charge in [-0.25, -0.2) is 10.3 Å². The molecule has 1 atom stereocenters. The SMILES string of the molecule is C[C@@H](C(=O)NOCc1ccccc1)N(C)C(=O)OC(C)(C)C. The first-order valence-corrected chi connectivity index (χ1v) is 7.12. The van der Waals surface area contributed by atoms with Gasteiger partial charge in [0.15, 0.2) is 0 Å². The molecule has 22 heavy (non-hydrogen) atoms. The van der Waals surface area contributed by atoms with Crippen LogP contribution in [0.3, 0.4) is 0 Å². The number of rotatable bonds is 5. The van der Waals surface area contributed by atoms with Crippen molar-refractivity contribution >= 4 is 12.0 Å². The first-order valence-electron chi connectivity index (χ1n) is 7.12. The van der Waals surface area contributed by atoms with Crippen molar-refractivity contribution in [1.29, 1.82) is 0 Å². The largest absolute Gasteiger partial charge is 0.444 e. The molecular formula is C16H24N2O4. The molecule has 0 fully saturated rings. The number of carbonyl (C=O) groups excluding carboxylic acids is 2. The van der Waals surface area contributed by atoms with Gasteiger partial charge in [-0.05, 0) is 33.3 Å². The number of amides is 2. The molecule has 0 saturated carbocycles. The van der Waals surface area contributed by atoms with Crippen molar-refractivity contribution in [3.05, 3.63) is 35.9 Å². The van der Waals surface area contributed by atoms with Crippen LogP contribution in [-0.4, -0.2) is 35.6 Å². The molecule has 0 saturated heterocycles. The Labute approximate surface area is 131 Å². The zero-order chi connectivity index (χ0) is 16.8. The highest BCUT2D eigenvalue weighted by Gasteiger charge is 2.26. The lowest BCUT2D eigenvalue weighted by Gasteiger charge is -2.27. The molecule has 0 aliphatic heterocycles. The second-order valence-corrected chi connectivity index (χ2v) is 6.01. The first-order chi connectivity index (χ1) is 10.2. The van der Waals surface area contributed by atoms with Crippen LogP contribution in [0.4, 0.5) is 4.79 Å². The Morgan fingerprint density at radius 1 is 1.23 bits per heavy atom. The summed E-state index contributed by atoms with van der Waals surface area (Å²) < 4.78 is 5.21. The van der Waals surface area contributed by atoms with Gasteiger partial charge in [-0.2, -0.15) is 0 Å². The van der Waals surface area contributed by atoms with Crippen LogP contribution in [0.25, 0.3) is 0 Å². The Kier molecular flexibility index (Phi) is 6.37. The van der Waals surface area contributed by atoms with Crippen molar-refractivity contribution in [2.24, 2.45) is 0 Å². The summed E-state index contributed by atoms with van der Waals surface area (Å²) >= 11 is 0. The van der Waals surface area contributed by atoms with E-state index in [0.717, 1.165) is 5.56 Å². The minimum absolute atomic E-state index is 0.259. The fourth-order valence-electron chi connectivity index (χ4n) is 1.52. The molecule has 0 heterocycles. The second-order valence-electron chi connectivity index (χ2n) is 6.01. The summed E-state index contributed by atoms with van der Waals surface area (Å²) in [7, 11) is 1.51. The van der Waals surface area contributed by atoms with Crippen molar-refractivity contribution in [2.45, 2.75) is 45.9 Å². The van der Waals surface area contributed by atoms with E-state index in [9.17, 15) is 9.59 Å². The Hall–Kier alpha value is -2.08. The molecule has 2 amide bonds. The fraction of sp³-hybridized carbons (Fsp3) is 0.500. The second kappa shape index (κ2) is 7.79. The van der Waals surface area contributed by atoms with Crippen LogP contribution in [0.2, 0.25) is 0 Å². The zero-order valence-corrected chi connectivity index (χ0v) is 13.8.